The number of hydrogen-bond acceptors (Lipinski definition) is 3. The standard InChI is InChI=1S/C18H19F3N4O3/c19-18(20,21)15-7-9-25(23-15)14-5-3-12(4-6-14)10-22-17(28)24-8-1-2-13(11-24)16(26)27/h3-7,9,13H,1-2,8,10-11H2,(H,22,28)(H,26,27). The molecule has 0 aliphatic carbocycles. The van der Waals surface area contributed by atoms with E-state index in [0.29, 0.717) is 25.1 Å². The third-order valence-corrected chi connectivity index (χ3v) is 4.58. The lowest BCUT2D eigenvalue weighted by atomic mass is 9.99. The van der Waals surface area contributed by atoms with Crippen LogP contribution in [0.25, 0.3) is 5.69 Å². The van der Waals surface area contributed by atoms with Crippen LogP contribution in [0.1, 0.15) is 24.1 Å². The van der Waals surface area contributed by atoms with Gasteiger partial charge in [0.15, 0.2) is 5.69 Å². The topological polar surface area (TPSA) is 87.5 Å². The fourth-order valence-corrected chi connectivity index (χ4v) is 3.04. The van der Waals surface area contributed by atoms with E-state index in [0.717, 1.165) is 16.3 Å². The Balaban J connectivity index is 1.56. The highest BCUT2D eigenvalue weighted by atomic mass is 19.4. The molecule has 1 aromatic heterocycles. The number of urea groups is 1. The smallest absolute Gasteiger partial charge is 0.435 e. The van der Waals surface area contributed by atoms with E-state index in [9.17, 15) is 22.8 Å². The lowest BCUT2D eigenvalue weighted by molar-refractivity contribution is -0.143. The predicted molar refractivity (Wildman–Crippen MR) is 92.7 cm³/mol. The molecule has 7 nitrogen and oxygen atoms in total. The van der Waals surface area contributed by atoms with Gasteiger partial charge in [-0.15, -0.1) is 0 Å². The molecular formula is C18H19F3N4O3. The number of alkyl halides is 3. The lowest BCUT2D eigenvalue weighted by Crippen LogP contribution is -2.46. The van der Waals surface area contributed by atoms with E-state index in [1.165, 1.54) is 11.1 Å². The number of rotatable bonds is 4. The maximum atomic E-state index is 12.6. The van der Waals surface area contributed by atoms with Gasteiger partial charge in [0, 0.05) is 25.8 Å². The van der Waals surface area contributed by atoms with Crippen molar-refractivity contribution in [2.45, 2.75) is 25.6 Å². The van der Waals surface area contributed by atoms with Crippen molar-refractivity contribution in [2.24, 2.45) is 5.92 Å². The van der Waals surface area contributed by atoms with Crippen molar-refractivity contribution in [1.29, 1.82) is 0 Å². The fourth-order valence-electron chi connectivity index (χ4n) is 3.04. The number of aliphatic carboxylic acids is 1. The largest absolute Gasteiger partial charge is 0.481 e. The zero-order valence-electron chi connectivity index (χ0n) is 14.8. The van der Waals surface area contributed by atoms with E-state index < -0.39 is 23.8 Å². The number of likely N-dealkylation sites (tertiary alicyclic amines) is 1. The number of carboxylic acid groups (broad SMARTS) is 1. The van der Waals surface area contributed by atoms with Crippen LogP contribution in [0.2, 0.25) is 0 Å². The highest BCUT2D eigenvalue weighted by molar-refractivity contribution is 5.76. The zero-order chi connectivity index (χ0) is 20.3. The van der Waals surface area contributed by atoms with Crippen LogP contribution in [0.4, 0.5) is 18.0 Å². The van der Waals surface area contributed by atoms with Crippen molar-refractivity contribution < 1.29 is 27.9 Å². The molecule has 150 valence electrons. The Hall–Kier alpha value is -3.04. The van der Waals surface area contributed by atoms with Crippen LogP contribution in [-0.4, -0.2) is 44.9 Å². The second-order valence-corrected chi connectivity index (χ2v) is 6.59. The summed E-state index contributed by atoms with van der Waals surface area (Å²) < 4.78 is 39.0. The van der Waals surface area contributed by atoms with Crippen LogP contribution in [-0.2, 0) is 17.5 Å². The van der Waals surface area contributed by atoms with Gasteiger partial charge in [-0.2, -0.15) is 18.3 Å². The number of amides is 2. The van der Waals surface area contributed by atoms with Gasteiger partial charge in [0.05, 0.1) is 11.6 Å². The molecule has 1 aliphatic heterocycles. The maximum absolute atomic E-state index is 12.6. The second kappa shape index (κ2) is 7.91. The summed E-state index contributed by atoms with van der Waals surface area (Å²) in [5.41, 5.74) is 0.253. The molecule has 3 rings (SSSR count). The van der Waals surface area contributed by atoms with Crippen LogP contribution in [0.3, 0.4) is 0 Å². The Morgan fingerprint density at radius 2 is 1.93 bits per heavy atom. The molecule has 10 heteroatoms. The number of carboxylic acids is 1. The van der Waals surface area contributed by atoms with Gasteiger partial charge < -0.3 is 15.3 Å². The van der Waals surface area contributed by atoms with Crippen LogP contribution < -0.4 is 5.32 Å². The van der Waals surface area contributed by atoms with Gasteiger partial charge in [0.2, 0.25) is 0 Å². The molecule has 2 heterocycles. The number of hydrogen-bond donors (Lipinski definition) is 2. The van der Waals surface area contributed by atoms with Crippen molar-refractivity contribution in [1.82, 2.24) is 20.0 Å². The number of aromatic nitrogens is 2. The van der Waals surface area contributed by atoms with Gasteiger partial charge in [0.25, 0.3) is 0 Å². The minimum absolute atomic E-state index is 0.181. The van der Waals surface area contributed by atoms with E-state index >= 15 is 0 Å². The van der Waals surface area contributed by atoms with Crippen molar-refractivity contribution in [3.63, 3.8) is 0 Å². The number of halogens is 3. The van der Waals surface area contributed by atoms with E-state index in [1.54, 1.807) is 24.3 Å². The Labute approximate surface area is 158 Å². The summed E-state index contributed by atoms with van der Waals surface area (Å²) in [7, 11) is 0. The lowest BCUT2D eigenvalue weighted by Gasteiger charge is -2.30. The Morgan fingerprint density at radius 1 is 1.21 bits per heavy atom. The first kappa shape index (κ1) is 19.7. The molecule has 1 saturated heterocycles. The number of nitrogens with one attached hydrogen (secondary N) is 1. The van der Waals surface area contributed by atoms with Crippen LogP contribution in [0.5, 0.6) is 0 Å². The van der Waals surface area contributed by atoms with Crippen LogP contribution in [0, 0.1) is 5.92 Å². The van der Waals surface area contributed by atoms with Crippen LogP contribution >= 0.6 is 0 Å². The monoisotopic (exact) mass is 396 g/mol. The summed E-state index contributed by atoms with van der Waals surface area (Å²) in [6, 6.07) is 7.14. The minimum atomic E-state index is -4.50. The molecular weight excluding hydrogens is 377 g/mol. The third kappa shape index (κ3) is 4.62. The molecule has 2 amide bonds. The van der Waals surface area contributed by atoms with Gasteiger partial charge >= 0.3 is 18.2 Å². The molecule has 1 atom stereocenters. The van der Waals surface area contributed by atoms with Gasteiger partial charge in [-0.3, -0.25) is 4.79 Å². The van der Waals surface area contributed by atoms with Crippen molar-refractivity contribution in [3.8, 4) is 5.69 Å². The van der Waals surface area contributed by atoms with E-state index in [2.05, 4.69) is 10.4 Å². The van der Waals surface area contributed by atoms with Crippen molar-refractivity contribution >= 4 is 12.0 Å². The number of carbonyl (C=O) groups excluding carboxylic acids is 1. The number of benzene rings is 1. The van der Waals surface area contributed by atoms with Crippen molar-refractivity contribution in [2.75, 3.05) is 13.1 Å². The average Bonchev–Trinajstić information content (AvgIpc) is 3.17. The maximum Gasteiger partial charge on any atom is 0.435 e. The summed E-state index contributed by atoms with van der Waals surface area (Å²) in [6.07, 6.45) is -2.06. The Bertz CT molecular complexity index is 849. The van der Waals surface area contributed by atoms with Gasteiger partial charge in [-0.05, 0) is 36.6 Å². The highest BCUT2D eigenvalue weighted by Gasteiger charge is 2.33. The Kier molecular flexibility index (Phi) is 5.57. The number of piperidine rings is 1. The zero-order valence-corrected chi connectivity index (χ0v) is 14.8. The van der Waals surface area contributed by atoms with Gasteiger partial charge in [-0.25, -0.2) is 9.48 Å². The first-order chi connectivity index (χ1) is 13.2. The SMILES string of the molecule is O=C(O)C1CCCN(C(=O)NCc2ccc(-n3ccc(C(F)(F)F)n3)cc2)C1. The van der Waals surface area contributed by atoms with E-state index in [-0.39, 0.29) is 19.1 Å². The predicted octanol–water partition coefficient (Wildman–Crippen LogP) is 2.90. The third-order valence-electron chi connectivity index (χ3n) is 4.58. The average molecular weight is 396 g/mol. The summed E-state index contributed by atoms with van der Waals surface area (Å²) in [4.78, 5) is 24.8. The van der Waals surface area contributed by atoms with Crippen LogP contribution in [0.15, 0.2) is 36.5 Å². The summed E-state index contributed by atoms with van der Waals surface area (Å²) in [5.74, 6) is -1.45. The van der Waals surface area contributed by atoms with Gasteiger partial charge in [0.1, 0.15) is 0 Å². The normalized spacial score (nSPS) is 17.4. The Morgan fingerprint density at radius 3 is 2.54 bits per heavy atom. The summed E-state index contributed by atoms with van der Waals surface area (Å²) >= 11 is 0. The van der Waals surface area contributed by atoms with Crippen molar-refractivity contribution in [3.05, 3.63) is 47.8 Å². The molecule has 0 bridgehead atoms. The molecule has 28 heavy (non-hydrogen) atoms. The molecule has 0 radical (unpaired) electrons. The molecule has 0 saturated carbocycles. The minimum Gasteiger partial charge on any atom is -0.481 e. The first-order valence-electron chi connectivity index (χ1n) is 8.72. The molecule has 1 unspecified atom stereocenters. The molecule has 1 aromatic carbocycles. The quantitative estimate of drug-likeness (QED) is 0.832. The number of nitrogens with zero attached hydrogens (tertiary/aromatic N) is 3. The fraction of sp³-hybridized carbons (Fsp3) is 0.389. The van der Waals surface area contributed by atoms with Gasteiger partial charge in [-0.1, -0.05) is 12.1 Å². The summed E-state index contributed by atoms with van der Waals surface area (Å²) in [6.45, 7) is 0.913. The molecule has 1 fully saturated rings. The molecule has 1 aliphatic rings. The van der Waals surface area contributed by atoms with E-state index in [1.807, 2.05) is 0 Å². The first-order valence-corrected chi connectivity index (χ1v) is 8.72. The molecule has 2 N–H and O–H groups in total. The molecule has 2 aromatic rings. The highest BCUT2D eigenvalue weighted by Crippen LogP contribution is 2.27. The summed E-state index contributed by atoms with van der Waals surface area (Å²) in [5, 5.41) is 15.3. The number of carbonyl (C=O) groups is 2. The molecule has 0 spiro atoms. The second-order valence-electron chi connectivity index (χ2n) is 6.59. The van der Waals surface area contributed by atoms with E-state index in [4.69, 9.17) is 5.11 Å².